The molecule has 0 saturated carbocycles. The Labute approximate surface area is 113 Å². The molecule has 0 spiro atoms. The van der Waals surface area contributed by atoms with Gasteiger partial charge in [0.25, 0.3) is 0 Å². The van der Waals surface area contributed by atoms with Gasteiger partial charge in [-0.1, -0.05) is 6.07 Å². The first kappa shape index (κ1) is 13.8. The summed E-state index contributed by atoms with van der Waals surface area (Å²) in [7, 11) is 1.94. The Morgan fingerprint density at radius 2 is 2.26 bits per heavy atom. The van der Waals surface area contributed by atoms with Crippen LogP contribution in [0, 0.1) is 0 Å². The van der Waals surface area contributed by atoms with E-state index in [0.29, 0.717) is 0 Å². The van der Waals surface area contributed by atoms with Crippen LogP contribution < -0.4 is 10.2 Å². The van der Waals surface area contributed by atoms with Crippen molar-refractivity contribution in [3.05, 3.63) is 30.1 Å². The third kappa shape index (κ3) is 2.88. The van der Waals surface area contributed by atoms with Gasteiger partial charge in [0.2, 0.25) is 0 Å². The van der Waals surface area contributed by atoms with Gasteiger partial charge in [0, 0.05) is 32.4 Å². The molecular weight excluding hydrogens is 240 g/mol. The molecule has 0 aliphatic heterocycles. The molecule has 0 fully saturated rings. The maximum atomic E-state index is 9.01. The number of nitrogens with one attached hydrogen (secondary N) is 1. The van der Waals surface area contributed by atoms with Crippen molar-refractivity contribution in [2.45, 2.75) is 19.9 Å². The molecule has 0 atom stereocenters. The lowest BCUT2D eigenvalue weighted by Gasteiger charge is -2.21. The van der Waals surface area contributed by atoms with Crippen LogP contribution >= 0.6 is 0 Å². The van der Waals surface area contributed by atoms with E-state index in [2.05, 4.69) is 21.5 Å². The minimum atomic E-state index is 0.214. The van der Waals surface area contributed by atoms with Gasteiger partial charge in [-0.25, -0.2) is 4.98 Å². The van der Waals surface area contributed by atoms with E-state index in [1.54, 1.807) is 0 Å². The molecule has 2 N–H and O–H groups in total. The van der Waals surface area contributed by atoms with Crippen molar-refractivity contribution in [1.82, 2.24) is 14.7 Å². The second kappa shape index (κ2) is 6.54. The second-order valence-corrected chi connectivity index (χ2v) is 4.50. The molecule has 0 aliphatic rings. The smallest absolute Gasteiger partial charge is 0.152 e. The molecule has 5 nitrogen and oxygen atoms in total. The molecule has 19 heavy (non-hydrogen) atoms. The van der Waals surface area contributed by atoms with Crippen LogP contribution in [-0.4, -0.2) is 41.2 Å². The molecule has 0 aliphatic carbocycles. The third-order valence-corrected chi connectivity index (χ3v) is 3.22. The molecule has 0 bridgehead atoms. The lowest BCUT2D eigenvalue weighted by atomic mass is 10.3. The summed E-state index contributed by atoms with van der Waals surface area (Å²) in [5.74, 6) is 1.01. The highest BCUT2D eigenvalue weighted by molar-refractivity contribution is 5.55. The van der Waals surface area contributed by atoms with Crippen molar-refractivity contribution < 1.29 is 5.11 Å². The minimum absolute atomic E-state index is 0.214. The van der Waals surface area contributed by atoms with E-state index < -0.39 is 0 Å². The summed E-state index contributed by atoms with van der Waals surface area (Å²) in [6.07, 6.45) is 2.80. The Balaban J connectivity index is 2.41. The highest BCUT2D eigenvalue weighted by atomic mass is 16.3. The average Bonchev–Trinajstić information content (AvgIpc) is 2.79. The standard InChI is InChI=1S/C14H22N4O/c1-3-17(8-6-10-19)14-12(11-15-2)18-9-5-4-7-13(18)16-14/h4-5,7,9,15,19H,3,6,8,10-11H2,1-2H3. The zero-order chi connectivity index (χ0) is 13.7. The fourth-order valence-electron chi connectivity index (χ4n) is 2.29. The maximum absolute atomic E-state index is 9.01. The summed E-state index contributed by atoms with van der Waals surface area (Å²) in [4.78, 5) is 6.94. The summed E-state index contributed by atoms with van der Waals surface area (Å²) >= 11 is 0. The predicted octanol–water partition coefficient (Wildman–Crippen LogP) is 1.26. The number of fused-ring (bicyclic) bond motifs is 1. The molecule has 5 heteroatoms. The van der Waals surface area contributed by atoms with Crippen LogP contribution in [0.15, 0.2) is 24.4 Å². The van der Waals surface area contributed by atoms with Gasteiger partial charge in [-0.3, -0.25) is 0 Å². The summed E-state index contributed by atoms with van der Waals surface area (Å²) in [5, 5.41) is 12.2. The van der Waals surface area contributed by atoms with Crippen LogP contribution in [0.3, 0.4) is 0 Å². The van der Waals surface area contributed by atoms with Gasteiger partial charge in [0.1, 0.15) is 5.65 Å². The highest BCUT2D eigenvalue weighted by Gasteiger charge is 2.16. The normalized spacial score (nSPS) is 11.1. The summed E-state index contributed by atoms with van der Waals surface area (Å²) < 4.78 is 2.12. The monoisotopic (exact) mass is 262 g/mol. The first-order chi connectivity index (χ1) is 9.31. The predicted molar refractivity (Wildman–Crippen MR) is 77.5 cm³/mol. The van der Waals surface area contributed by atoms with E-state index >= 15 is 0 Å². The molecular formula is C14H22N4O. The number of rotatable bonds is 7. The zero-order valence-electron chi connectivity index (χ0n) is 11.6. The number of imidazole rings is 1. The number of aliphatic hydroxyl groups excluding tert-OH is 1. The van der Waals surface area contributed by atoms with Crippen molar-refractivity contribution in [3.63, 3.8) is 0 Å². The lowest BCUT2D eigenvalue weighted by Crippen LogP contribution is -2.27. The van der Waals surface area contributed by atoms with Crippen LogP contribution in [0.25, 0.3) is 5.65 Å². The van der Waals surface area contributed by atoms with Gasteiger partial charge in [-0.15, -0.1) is 0 Å². The topological polar surface area (TPSA) is 52.8 Å². The van der Waals surface area contributed by atoms with E-state index in [1.807, 2.05) is 31.4 Å². The quantitative estimate of drug-likeness (QED) is 0.789. The first-order valence-corrected chi connectivity index (χ1v) is 6.78. The molecule has 0 unspecified atom stereocenters. The Hall–Kier alpha value is -1.59. The summed E-state index contributed by atoms with van der Waals surface area (Å²) in [6, 6.07) is 6.03. The summed E-state index contributed by atoms with van der Waals surface area (Å²) in [6.45, 7) is 4.82. The number of nitrogens with zero attached hydrogens (tertiary/aromatic N) is 3. The number of pyridine rings is 1. The van der Waals surface area contributed by atoms with Gasteiger partial charge in [-0.2, -0.15) is 0 Å². The molecule has 0 amide bonds. The molecule has 0 saturated heterocycles. The van der Waals surface area contributed by atoms with Crippen molar-refractivity contribution in [2.75, 3.05) is 31.6 Å². The fraction of sp³-hybridized carbons (Fsp3) is 0.500. The van der Waals surface area contributed by atoms with Crippen molar-refractivity contribution >= 4 is 11.5 Å². The lowest BCUT2D eigenvalue weighted by molar-refractivity contribution is 0.289. The Morgan fingerprint density at radius 1 is 1.42 bits per heavy atom. The van der Waals surface area contributed by atoms with Gasteiger partial charge in [0.15, 0.2) is 5.82 Å². The molecule has 2 aromatic heterocycles. The zero-order valence-corrected chi connectivity index (χ0v) is 11.6. The Bertz CT molecular complexity index is 523. The SMILES string of the molecule is CCN(CCCO)c1nc2ccccn2c1CNC. The molecule has 0 radical (unpaired) electrons. The van der Waals surface area contributed by atoms with Gasteiger partial charge in [-0.05, 0) is 32.5 Å². The van der Waals surface area contributed by atoms with Crippen LogP contribution in [-0.2, 0) is 6.54 Å². The van der Waals surface area contributed by atoms with Crippen LogP contribution in [0.5, 0.6) is 0 Å². The first-order valence-electron chi connectivity index (χ1n) is 6.78. The third-order valence-electron chi connectivity index (χ3n) is 3.22. The number of anilines is 1. The highest BCUT2D eigenvalue weighted by Crippen LogP contribution is 2.21. The average molecular weight is 262 g/mol. The summed E-state index contributed by atoms with van der Waals surface area (Å²) in [5.41, 5.74) is 2.13. The van der Waals surface area contributed by atoms with E-state index in [9.17, 15) is 0 Å². The molecule has 2 heterocycles. The van der Waals surface area contributed by atoms with Crippen LogP contribution in [0.4, 0.5) is 5.82 Å². The molecule has 104 valence electrons. The largest absolute Gasteiger partial charge is 0.396 e. The van der Waals surface area contributed by atoms with Gasteiger partial charge < -0.3 is 19.7 Å². The van der Waals surface area contributed by atoms with Crippen LogP contribution in [0.1, 0.15) is 19.0 Å². The number of aromatic nitrogens is 2. The molecule has 0 aromatic carbocycles. The van der Waals surface area contributed by atoms with Crippen molar-refractivity contribution in [2.24, 2.45) is 0 Å². The molecule has 2 aromatic rings. The number of hydrogen-bond donors (Lipinski definition) is 2. The van der Waals surface area contributed by atoms with Gasteiger partial charge >= 0.3 is 0 Å². The van der Waals surface area contributed by atoms with Crippen molar-refractivity contribution in [1.29, 1.82) is 0 Å². The van der Waals surface area contributed by atoms with E-state index in [1.165, 1.54) is 0 Å². The molecule has 2 rings (SSSR count). The second-order valence-electron chi connectivity index (χ2n) is 4.50. The fourth-order valence-corrected chi connectivity index (χ4v) is 2.29. The number of hydrogen-bond acceptors (Lipinski definition) is 4. The maximum Gasteiger partial charge on any atom is 0.152 e. The van der Waals surface area contributed by atoms with Crippen LogP contribution in [0.2, 0.25) is 0 Å². The Kier molecular flexibility index (Phi) is 4.76. The van der Waals surface area contributed by atoms with E-state index in [0.717, 1.165) is 43.2 Å². The minimum Gasteiger partial charge on any atom is -0.396 e. The van der Waals surface area contributed by atoms with E-state index in [4.69, 9.17) is 10.1 Å². The van der Waals surface area contributed by atoms with E-state index in [-0.39, 0.29) is 6.61 Å². The number of aliphatic hydroxyl groups is 1. The van der Waals surface area contributed by atoms with Crippen molar-refractivity contribution in [3.8, 4) is 0 Å². The van der Waals surface area contributed by atoms with Gasteiger partial charge in [0.05, 0.1) is 5.69 Å². The Morgan fingerprint density at radius 3 is 2.95 bits per heavy atom.